The van der Waals surface area contributed by atoms with Crippen molar-refractivity contribution in [2.45, 2.75) is 338 Å². The lowest BCUT2D eigenvalue weighted by Gasteiger charge is -2.42. The Labute approximate surface area is 497 Å². The first-order valence-electron chi connectivity index (χ1n) is 33.2. The number of aliphatic hydroxyl groups excluding tert-OH is 7. The van der Waals surface area contributed by atoms with Crippen LogP contribution in [0.25, 0.3) is 0 Å². The Hall–Kier alpha value is -2.54. The molecule has 2 rings (SSSR count). The van der Waals surface area contributed by atoms with Gasteiger partial charge in [0.05, 0.1) is 19.8 Å². The molecule has 0 aliphatic carbocycles. The monoisotopic (exact) mass is 1160 g/mol. The number of unbranched alkanes of at least 4 members (excludes halogenated alkanes) is 32. The number of carbonyl (C=O) groups is 2. The predicted molar refractivity (Wildman–Crippen MR) is 326 cm³/mol. The molecule has 11 atom stereocenters. The van der Waals surface area contributed by atoms with Gasteiger partial charge in [0.1, 0.15) is 55.4 Å². The fourth-order valence-corrected chi connectivity index (χ4v) is 10.4. The highest BCUT2D eigenvalue weighted by Gasteiger charge is 2.47. The molecule has 2 fully saturated rings. The zero-order valence-electron chi connectivity index (χ0n) is 51.5. The largest absolute Gasteiger partial charge is 0.462 e. The smallest absolute Gasteiger partial charge is 0.306 e. The van der Waals surface area contributed by atoms with Crippen molar-refractivity contribution in [1.29, 1.82) is 0 Å². The summed E-state index contributed by atoms with van der Waals surface area (Å²) in [6.45, 7) is 2.62. The number of hydrogen-bond donors (Lipinski definition) is 7. The van der Waals surface area contributed by atoms with Crippen molar-refractivity contribution in [3.8, 4) is 0 Å². The highest BCUT2D eigenvalue weighted by Crippen LogP contribution is 2.27. The van der Waals surface area contributed by atoms with Crippen molar-refractivity contribution in [2.75, 3.05) is 26.4 Å². The molecule has 0 saturated carbocycles. The van der Waals surface area contributed by atoms with Crippen molar-refractivity contribution in [1.82, 2.24) is 0 Å². The van der Waals surface area contributed by atoms with Crippen LogP contribution in [-0.2, 0) is 38.0 Å². The van der Waals surface area contributed by atoms with Crippen LogP contribution < -0.4 is 0 Å². The molecule has 7 N–H and O–H groups in total. The van der Waals surface area contributed by atoms with E-state index in [1.165, 1.54) is 167 Å². The zero-order chi connectivity index (χ0) is 59.5. The number of ether oxygens (including phenoxy) is 6. The maximum atomic E-state index is 13.1. The maximum Gasteiger partial charge on any atom is 0.306 e. The third-order valence-corrected chi connectivity index (χ3v) is 15.8. The van der Waals surface area contributed by atoms with E-state index in [-0.39, 0.29) is 26.1 Å². The van der Waals surface area contributed by atoms with E-state index in [2.05, 4.69) is 62.5 Å². The molecule has 478 valence electrons. The molecule has 15 heteroatoms. The van der Waals surface area contributed by atoms with Crippen LogP contribution in [0.15, 0.2) is 48.6 Å². The molecule has 0 aromatic rings. The number of carbonyl (C=O) groups excluding carboxylic acids is 2. The first kappa shape index (κ1) is 75.6. The number of allylic oxidation sites excluding steroid dienone is 8. The summed E-state index contributed by atoms with van der Waals surface area (Å²) < 4.78 is 33.8. The Morgan fingerprint density at radius 2 is 0.732 bits per heavy atom. The first-order chi connectivity index (χ1) is 40.0. The van der Waals surface area contributed by atoms with Gasteiger partial charge in [-0.25, -0.2) is 0 Å². The van der Waals surface area contributed by atoms with E-state index in [1.54, 1.807) is 0 Å². The van der Waals surface area contributed by atoms with Crippen LogP contribution in [0.3, 0.4) is 0 Å². The Morgan fingerprint density at radius 3 is 1.13 bits per heavy atom. The summed E-state index contributed by atoms with van der Waals surface area (Å²) in [7, 11) is 0. The van der Waals surface area contributed by atoms with E-state index >= 15 is 0 Å². The second kappa shape index (κ2) is 52.8. The standard InChI is InChI=1S/C67H120O15/c1-3-5-7-9-11-13-15-17-19-21-23-25-27-29-31-33-35-37-39-41-43-45-47-49-58(69)77-52-55(53-78-66-65(76)63(74)61(72)57(82-66)54-79-67-64(75)62(73)60(71)56(51-68)81-67)80-59(70)50-48-46-44-42-40-38-36-34-32-30-28-26-24-22-20-18-16-14-12-10-8-6-4-2/h15-18,21-24,55-57,60-68,71-76H,3-14,19-20,25-54H2,1-2H3/b17-15-,18-16-,23-21-,24-22-. The van der Waals surface area contributed by atoms with Crippen molar-refractivity contribution in [3.63, 3.8) is 0 Å². The van der Waals surface area contributed by atoms with Crippen LogP contribution in [0.1, 0.15) is 271 Å². The summed E-state index contributed by atoms with van der Waals surface area (Å²) in [4.78, 5) is 26.0. The SMILES string of the molecule is CCCCCCC/C=C\C/C=C\CCCCCCCCCCCCCC(=O)OCC(COC1OC(COC2OC(CO)C(O)C(O)C2O)C(O)C(O)C1O)OC(=O)CCCCCCCCCCCCC/C=C\C/C=C\CCCCCCC. The average Bonchev–Trinajstić information content (AvgIpc) is 3.61. The van der Waals surface area contributed by atoms with Gasteiger partial charge < -0.3 is 64.2 Å². The van der Waals surface area contributed by atoms with E-state index in [1.807, 2.05) is 0 Å². The van der Waals surface area contributed by atoms with Gasteiger partial charge in [0.2, 0.25) is 0 Å². The topological polar surface area (TPSA) is 231 Å². The normalized spacial score (nSPS) is 23.7. The fraction of sp³-hybridized carbons (Fsp3) is 0.851. The fourth-order valence-electron chi connectivity index (χ4n) is 10.4. The van der Waals surface area contributed by atoms with Gasteiger partial charge in [0, 0.05) is 12.8 Å². The molecule has 2 aliphatic rings. The van der Waals surface area contributed by atoms with Crippen molar-refractivity contribution in [2.24, 2.45) is 0 Å². The molecule has 11 unspecified atom stereocenters. The Bertz CT molecular complexity index is 1600. The van der Waals surface area contributed by atoms with Crippen molar-refractivity contribution < 1.29 is 73.8 Å². The third-order valence-electron chi connectivity index (χ3n) is 15.8. The first-order valence-corrected chi connectivity index (χ1v) is 33.2. The van der Waals surface area contributed by atoms with Gasteiger partial charge in [-0.2, -0.15) is 0 Å². The highest BCUT2D eigenvalue weighted by atomic mass is 16.7. The van der Waals surface area contributed by atoms with E-state index in [0.29, 0.717) is 12.8 Å². The van der Waals surface area contributed by atoms with Crippen LogP contribution in [0, 0.1) is 0 Å². The summed E-state index contributed by atoms with van der Waals surface area (Å²) in [5.74, 6) is -0.919. The van der Waals surface area contributed by atoms with Crippen LogP contribution in [0.4, 0.5) is 0 Å². The Balaban J connectivity index is 1.70. The summed E-state index contributed by atoms with van der Waals surface area (Å²) in [5, 5.41) is 72.5. The molecule has 0 spiro atoms. The summed E-state index contributed by atoms with van der Waals surface area (Å²) in [6.07, 6.45) is 47.0. The molecule has 82 heavy (non-hydrogen) atoms. The number of hydrogen-bond acceptors (Lipinski definition) is 15. The predicted octanol–water partition coefficient (Wildman–Crippen LogP) is 13.0. The van der Waals surface area contributed by atoms with Crippen molar-refractivity contribution >= 4 is 11.9 Å². The van der Waals surface area contributed by atoms with Crippen LogP contribution in [0.5, 0.6) is 0 Å². The van der Waals surface area contributed by atoms with Crippen molar-refractivity contribution in [3.05, 3.63) is 48.6 Å². The third kappa shape index (κ3) is 38.5. The minimum absolute atomic E-state index is 0.163. The minimum Gasteiger partial charge on any atom is -0.462 e. The molecule has 0 aromatic carbocycles. The zero-order valence-corrected chi connectivity index (χ0v) is 51.5. The molecule has 0 bridgehead atoms. The molecular formula is C67H120O15. The number of aliphatic hydroxyl groups is 7. The van der Waals surface area contributed by atoms with Gasteiger partial charge in [-0.15, -0.1) is 0 Å². The van der Waals surface area contributed by atoms with Gasteiger partial charge in [0.25, 0.3) is 0 Å². The van der Waals surface area contributed by atoms with E-state index in [4.69, 9.17) is 28.4 Å². The molecular weight excluding hydrogens is 1040 g/mol. The molecule has 2 saturated heterocycles. The molecule has 2 aliphatic heterocycles. The summed E-state index contributed by atoms with van der Waals surface area (Å²) in [5.41, 5.74) is 0. The van der Waals surface area contributed by atoms with Gasteiger partial charge in [0.15, 0.2) is 18.7 Å². The number of esters is 2. The molecule has 0 radical (unpaired) electrons. The van der Waals surface area contributed by atoms with E-state index in [0.717, 1.165) is 64.2 Å². The molecule has 0 aromatic heterocycles. The number of rotatable bonds is 54. The lowest BCUT2D eigenvalue weighted by Crippen LogP contribution is -2.61. The van der Waals surface area contributed by atoms with Gasteiger partial charge >= 0.3 is 11.9 Å². The highest BCUT2D eigenvalue weighted by molar-refractivity contribution is 5.70. The van der Waals surface area contributed by atoms with Crippen LogP contribution in [-0.4, -0.2) is 142 Å². The van der Waals surface area contributed by atoms with Gasteiger partial charge in [-0.1, -0.05) is 229 Å². The summed E-state index contributed by atoms with van der Waals surface area (Å²) >= 11 is 0. The molecule has 15 nitrogen and oxygen atoms in total. The van der Waals surface area contributed by atoms with Crippen LogP contribution in [0.2, 0.25) is 0 Å². The Morgan fingerprint density at radius 1 is 0.390 bits per heavy atom. The van der Waals surface area contributed by atoms with Gasteiger partial charge in [-0.3, -0.25) is 9.59 Å². The van der Waals surface area contributed by atoms with Gasteiger partial charge in [-0.05, 0) is 77.0 Å². The second-order valence-electron chi connectivity index (χ2n) is 23.3. The molecule has 0 amide bonds. The van der Waals surface area contributed by atoms with E-state index in [9.17, 15) is 45.3 Å². The second-order valence-corrected chi connectivity index (χ2v) is 23.3. The molecule has 2 heterocycles. The lowest BCUT2D eigenvalue weighted by molar-refractivity contribution is -0.332. The summed E-state index contributed by atoms with van der Waals surface area (Å²) in [6, 6.07) is 0. The van der Waals surface area contributed by atoms with Crippen LogP contribution >= 0.6 is 0 Å². The van der Waals surface area contributed by atoms with E-state index < -0.39 is 92.7 Å². The quantitative estimate of drug-likeness (QED) is 0.0171. The minimum atomic E-state index is -1.77. The average molecular weight is 1170 g/mol. The lowest BCUT2D eigenvalue weighted by atomic mass is 9.98. The maximum absolute atomic E-state index is 13.1. The Kier molecular flexibility index (Phi) is 48.6.